The molecule has 0 saturated heterocycles. The first-order valence-electron chi connectivity index (χ1n) is 11.1. The van der Waals surface area contributed by atoms with Crippen molar-refractivity contribution >= 4 is 23.3 Å². The zero-order valence-electron chi connectivity index (χ0n) is 18.1. The predicted octanol–water partition coefficient (Wildman–Crippen LogP) is 4.20. The van der Waals surface area contributed by atoms with E-state index in [-0.39, 0.29) is 29.8 Å². The van der Waals surface area contributed by atoms with E-state index in [2.05, 4.69) is 25.8 Å². The molecule has 0 atom stereocenters. The van der Waals surface area contributed by atoms with Crippen molar-refractivity contribution in [2.24, 2.45) is 5.41 Å². The van der Waals surface area contributed by atoms with Gasteiger partial charge in [-0.15, -0.1) is 5.10 Å². The van der Waals surface area contributed by atoms with Crippen LogP contribution in [0.5, 0.6) is 5.88 Å². The molecule has 2 fully saturated rings. The molecule has 34 heavy (non-hydrogen) atoms. The van der Waals surface area contributed by atoms with Crippen LogP contribution >= 0.6 is 0 Å². The molecule has 178 valence electrons. The zero-order valence-corrected chi connectivity index (χ0v) is 18.1. The fraction of sp³-hybridized carbons (Fsp3) is 0.391. The molecule has 2 heterocycles. The van der Waals surface area contributed by atoms with Crippen molar-refractivity contribution in [1.29, 1.82) is 0 Å². The monoisotopic (exact) mass is 471 g/mol. The first-order valence-corrected chi connectivity index (χ1v) is 11.1. The molecule has 2 aliphatic rings. The summed E-state index contributed by atoms with van der Waals surface area (Å²) in [5.74, 6) is -2.51. The number of nitrogens with zero attached hydrogens (tertiary/aromatic N) is 3. The van der Waals surface area contributed by atoms with Crippen molar-refractivity contribution in [3.8, 4) is 5.88 Å². The maximum Gasteiger partial charge on any atom is 0.320 e. The summed E-state index contributed by atoms with van der Waals surface area (Å²) < 4.78 is 37.5. The van der Waals surface area contributed by atoms with Gasteiger partial charge in [0.15, 0.2) is 11.6 Å². The first kappa shape index (κ1) is 22.2. The minimum atomic E-state index is -1.03. The molecule has 1 amide bonds. The van der Waals surface area contributed by atoms with Gasteiger partial charge < -0.3 is 24.9 Å². The summed E-state index contributed by atoms with van der Waals surface area (Å²) in [5, 5.41) is 22.1. The number of aromatic nitrogens is 3. The Morgan fingerprint density at radius 1 is 1.09 bits per heavy atom. The van der Waals surface area contributed by atoms with E-state index >= 15 is 0 Å². The highest BCUT2D eigenvalue weighted by molar-refractivity contribution is 6.00. The summed E-state index contributed by atoms with van der Waals surface area (Å²) >= 11 is 0. The Balaban J connectivity index is 1.12. The van der Waals surface area contributed by atoms with E-state index in [0.29, 0.717) is 17.0 Å². The summed E-state index contributed by atoms with van der Waals surface area (Å²) in [4.78, 5) is 16.6. The van der Waals surface area contributed by atoms with Crippen molar-refractivity contribution < 1.29 is 27.8 Å². The Morgan fingerprint density at radius 3 is 2.53 bits per heavy atom. The van der Waals surface area contributed by atoms with Crippen LogP contribution in [0.2, 0.25) is 0 Å². The molecule has 1 aromatic carbocycles. The van der Waals surface area contributed by atoms with Crippen LogP contribution in [-0.2, 0) is 0 Å². The summed E-state index contributed by atoms with van der Waals surface area (Å²) in [6.07, 6.45) is 7.20. The van der Waals surface area contributed by atoms with E-state index in [1.165, 1.54) is 12.3 Å². The Bertz CT molecular complexity index is 1170. The lowest BCUT2D eigenvalue weighted by molar-refractivity contribution is -0.0703. The number of anilines is 3. The van der Waals surface area contributed by atoms with Crippen LogP contribution in [-0.4, -0.2) is 38.4 Å². The molecule has 9 nitrogen and oxygen atoms in total. The number of amides is 1. The van der Waals surface area contributed by atoms with Crippen molar-refractivity contribution in [3.63, 3.8) is 0 Å². The van der Waals surface area contributed by atoms with Gasteiger partial charge in [-0.2, -0.15) is 0 Å². The van der Waals surface area contributed by atoms with Gasteiger partial charge in [-0.3, -0.25) is 4.79 Å². The largest absolute Gasteiger partial charge is 0.474 e. The molecular formula is C23H23F2N5O4. The number of nitrogens with one attached hydrogen (secondary N) is 2. The van der Waals surface area contributed by atoms with Gasteiger partial charge in [0.05, 0.1) is 18.0 Å². The second-order valence-electron chi connectivity index (χ2n) is 8.88. The highest BCUT2D eigenvalue weighted by atomic mass is 19.2. The second kappa shape index (κ2) is 8.98. The highest BCUT2D eigenvalue weighted by Gasteiger charge is 2.45. The summed E-state index contributed by atoms with van der Waals surface area (Å²) in [6.45, 7) is 0. The van der Waals surface area contributed by atoms with Gasteiger partial charge in [-0.05, 0) is 62.1 Å². The zero-order chi connectivity index (χ0) is 23.7. The number of benzene rings is 1. The quantitative estimate of drug-likeness (QED) is 0.489. The van der Waals surface area contributed by atoms with Crippen molar-refractivity contribution in [1.82, 2.24) is 15.2 Å². The van der Waals surface area contributed by atoms with Crippen LogP contribution in [0.1, 0.15) is 49.2 Å². The summed E-state index contributed by atoms with van der Waals surface area (Å²) in [5.41, 5.74) is 0.907. The number of ether oxygens (including phenoxy) is 1. The van der Waals surface area contributed by atoms with Gasteiger partial charge in [-0.1, -0.05) is 5.10 Å². The SMILES string of the molecule is O=C(Nc1ccc(OC2CCC3(CC2)CC(O)C3)nc1)c1nnc(Nc2ccc(F)c(F)c2)o1. The van der Waals surface area contributed by atoms with Gasteiger partial charge in [-0.25, -0.2) is 13.8 Å². The number of aliphatic hydroxyl groups excluding tert-OH is 1. The molecule has 0 unspecified atom stereocenters. The van der Waals surface area contributed by atoms with Crippen LogP contribution in [0.25, 0.3) is 0 Å². The molecule has 0 bridgehead atoms. The van der Waals surface area contributed by atoms with Crippen LogP contribution in [0.3, 0.4) is 0 Å². The van der Waals surface area contributed by atoms with Crippen LogP contribution in [0.15, 0.2) is 40.9 Å². The minimum Gasteiger partial charge on any atom is -0.474 e. The molecule has 11 heteroatoms. The van der Waals surface area contributed by atoms with Crippen LogP contribution in [0, 0.1) is 17.0 Å². The topological polar surface area (TPSA) is 122 Å². The van der Waals surface area contributed by atoms with Crippen molar-refractivity contribution in [2.45, 2.75) is 50.7 Å². The van der Waals surface area contributed by atoms with Crippen molar-refractivity contribution in [2.75, 3.05) is 10.6 Å². The third-order valence-corrected chi connectivity index (χ3v) is 6.40. The third kappa shape index (κ3) is 4.84. The number of pyridine rings is 1. The molecule has 2 saturated carbocycles. The van der Waals surface area contributed by atoms with E-state index in [4.69, 9.17) is 9.15 Å². The lowest BCUT2D eigenvalue weighted by Gasteiger charge is -2.49. The van der Waals surface area contributed by atoms with Gasteiger partial charge in [0.2, 0.25) is 5.88 Å². The van der Waals surface area contributed by atoms with Gasteiger partial charge in [0.25, 0.3) is 0 Å². The number of hydrogen-bond donors (Lipinski definition) is 3. The van der Waals surface area contributed by atoms with E-state index in [0.717, 1.165) is 50.7 Å². The Hall–Kier alpha value is -3.60. The van der Waals surface area contributed by atoms with E-state index in [1.807, 2.05) is 0 Å². The normalized spacial score (nSPS) is 23.9. The molecule has 3 N–H and O–H groups in total. The molecule has 0 radical (unpaired) electrons. The fourth-order valence-electron chi connectivity index (χ4n) is 4.61. The molecule has 2 aromatic heterocycles. The number of aliphatic hydroxyl groups is 1. The summed E-state index contributed by atoms with van der Waals surface area (Å²) in [7, 11) is 0. The van der Waals surface area contributed by atoms with Crippen molar-refractivity contribution in [3.05, 3.63) is 54.1 Å². The number of carbonyl (C=O) groups excluding carboxylic acids is 1. The van der Waals surface area contributed by atoms with Gasteiger partial charge in [0, 0.05) is 17.8 Å². The lowest BCUT2D eigenvalue weighted by atomic mass is 9.59. The number of hydrogen-bond acceptors (Lipinski definition) is 8. The molecule has 1 spiro atoms. The highest BCUT2D eigenvalue weighted by Crippen LogP contribution is 2.51. The van der Waals surface area contributed by atoms with Gasteiger partial charge >= 0.3 is 17.8 Å². The maximum atomic E-state index is 13.3. The number of rotatable bonds is 6. The molecule has 3 aromatic rings. The average molecular weight is 471 g/mol. The van der Waals surface area contributed by atoms with E-state index in [9.17, 15) is 18.7 Å². The second-order valence-corrected chi connectivity index (χ2v) is 8.88. The molecule has 0 aliphatic heterocycles. The Kier molecular flexibility index (Phi) is 5.86. The summed E-state index contributed by atoms with van der Waals surface area (Å²) in [6, 6.07) is 6.36. The minimum absolute atomic E-state index is 0.0928. The van der Waals surface area contributed by atoms with E-state index < -0.39 is 17.5 Å². The standard InChI is InChI=1S/C23H23F2N5O4/c24-17-3-1-13(9-18(17)25)28-22-30-29-21(34-22)20(32)27-14-2-4-19(26-12-14)33-16-5-7-23(8-6-16)10-15(31)11-23/h1-4,9,12,15-16,31H,5-8,10-11H2,(H,27,32)(H,28,30). The van der Waals surface area contributed by atoms with Crippen LogP contribution in [0.4, 0.5) is 26.2 Å². The van der Waals surface area contributed by atoms with Gasteiger partial charge in [0.1, 0.15) is 6.10 Å². The average Bonchev–Trinajstić information content (AvgIpc) is 3.27. The maximum absolute atomic E-state index is 13.3. The molecular weight excluding hydrogens is 448 g/mol. The first-order chi connectivity index (χ1) is 16.4. The Morgan fingerprint density at radius 2 is 1.85 bits per heavy atom. The molecule has 5 rings (SSSR count). The number of halogens is 2. The lowest BCUT2D eigenvalue weighted by Crippen LogP contribution is -2.44. The third-order valence-electron chi connectivity index (χ3n) is 6.40. The Labute approximate surface area is 193 Å². The predicted molar refractivity (Wildman–Crippen MR) is 117 cm³/mol. The molecule has 2 aliphatic carbocycles. The number of carbonyl (C=O) groups is 1. The fourth-order valence-corrected chi connectivity index (χ4v) is 4.61. The van der Waals surface area contributed by atoms with E-state index in [1.54, 1.807) is 12.1 Å². The van der Waals surface area contributed by atoms with Crippen LogP contribution < -0.4 is 15.4 Å². The smallest absolute Gasteiger partial charge is 0.320 e.